The second-order valence-corrected chi connectivity index (χ2v) is 8.04. The quantitative estimate of drug-likeness (QED) is 0.321. The Morgan fingerprint density at radius 3 is 2.70 bits per heavy atom. The highest BCUT2D eigenvalue weighted by Gasteiger charge is 2.18. The number of carbonyl (C=O) groups excluding carboxylic acids is 1. The van der Waals surface area contributed by atoms with Gasteiger partial charge in [-0.1, -0.05) is 0 Å². The number of amides is 1. The summed E-state index contributed by atoms with van der Waals surface area (Å²) < 4.78 is 22.7. The molecule has 1 amide bonds. The predicted molar refractivity (Wildman–Crippen MR) is 130 cm³/mol. The molecule has 2 aromatic heterocycles. The third-order valence-corrected chi connectivity index (χ3v) is 5.80. The number of allylic oxidation sites excluding steroid dienone is 1. The van der Waals surface area contributed by atoms with Gasteiger partial charge in [0.25, 0.3) is 0 Å². The van der Waals surface area contributed by atoms with Crippen molar-refractivity contribution in [1.29, 1.82) is 0 Å². The number of carbonyl (C=O) groups is 1. The number of ether oxygens (including phenoxy) is 3. The molecule has 0 saturated heterocycles. The summed E-state index contributed by atoms with van der Waals surface area (Å²) in [5.74, 6) is 1.79. The van der Waals surface area contributed by atoms with Crippen LogP contribution in [0.4, 0.5) is 5.13 Å². The molecule has 0 spiro atoms. The molecule has 0 atom stereocenters. The van der Waals surface area contributed by atoms with Crippen LogP contribution in [0.1, 0.15) is 19.4 Å². The van der Waals surface area contributed by atoms with Crippen molar-refractivity contribution < 1.29 is 23.4 Å². The number of nitrogens with one attached hydrogen (secondary N) is 1. The zero-order chi connectivity index (χ0) is 23.4. The van der Waals surface area contributed by atoms with E-state index < -0.39 is 0 Å². The molecule has 1 N–H and O–H groups in total. The number of benzene rings is 2. The van der Waals surface area contributed by atoms with Crippen molar-refractivity contribution in [3.63, 3.8) is 0 Å². The second kappa shape index (κ2) is 9.79. The smallest absolute Gasteiger partial charge is 0.250 e. The molecule has 0 fully saturated rings. The van der Waals surface area contributed by atoms with Crippen molar-refractivity contribution in [1.82, 2.24) is 4.98 Å². The van der Waals surface area contributed by atoms with Crippen LogP contribution in [0.5, 0.6) is 17.2 Å². The number of fused-ring (bicyclic) bond motifs is 1. The summed E-state index contributed by atoms with van der Waals surface area (Å²) in [6.45, 7) is 4.27. The molecule has 0 aliphatic heterocycles. The number of hydrogen-bond acceptors (Lipinski definition) is 7. The first-order valence-electron chi connectivity index (χ1n) is 10.3. The number of hydrogen-bond donors (Lipinski definition) is 1. The standard InChI is InChI=1S/C25H24N2O5S/c1-5-31-22-13-23-19(12-17(22)15(2)10-24(28)27-25-26-8-9-33-25)20(14-32-23)18-11-16(29-3)6-7-21(18)30-4/h6-14H,5H2,1-4H3,(H,26,27,28)/b15-10+. The fourth-order valence-electron chi connectivity index (χ4n) is 3.57. The number of thiazole rings is 1. The highest BCUT2D eigenvalue weighted by molar-refractivity contribution is 7.13. The van der Waals surface area contributed by atoms with Gasteiger partial charge in [0.05, 0.1) is 27.1 Å². The van der Waals surface area contributed by atoms with Gasteiger partial charge in [-0.15, -0.1) is 11.3 Å². The molecule has 8 heteroatoms. The van der Waals surface area contributed by atoms with E-state index in [1.807, 2.05) is 44.2 Å². The molecule has 33 heavy (non-hydrogen) atoms. The Hall–Kier alpha value is -3.78. The molecular formula is C25H24N2O5S. The molecule has 0 aliphatic rings. The minimum Gasteiger partial charge on any atom is -0.497 e. The van der Waals surface area contributed by atoms with Crippen molar-refractivity contribution in [2.45, 2.75) is 13.8 Å². The molecule has 4 aromatic rings. The Bertz CT molecular complexity index is 1310. The zero-order valence-electron chi connectivity index (χ0n) is 18.8. The lowest BCUT2D eigenvalue weighted by atomic mass is 9.98. The lowest BCUT2D eigenvalue weighted by Crippen LogP contribution is -2.08. The van der Waals surface area contributed by atoms with Gasteiger partial charge in [-0.25, -0.2) is 4.98 Å². The molecule has 0 saturated carbocycles. The second-order valence-electron chi connectivity index (χ2n) is 7.15. The van der Waals surface area contributed by atoms with E-state index in [9.17, 15) is 4.79 Å². The number of rotatable bonds is 8. The summed E-state index contributed by atoms with van der Waals surface area (Å²) in [5, 5.41) is 6.00. The van der Waals surface area contributed by atoms with E-state index in [-0.39, 0.29) is 5.91 Å². The van der Waals surface area contributed by atoms with Crippen LogP contribution in [-0.4, -0.2) is 31.7 Å². The predicted octanol–water partition coefficient (Wildman–Crippen LogP) is 6.01. The first-order chi connectivity index (χ1) is 16.0. The van der Waals surface area contributed by atoms with Crippen molar-refractivity contribution in [2.24, 2.45) is 0 Å². The van der Waals surface area contributed by atoms with Crippen LogP contribution in [0.25, 0.3) is 27.7 Å². The van der Waals surface area contributed by atoms with E-state index in [1.165, 1.54) is 17.4 Å². The maximum absolute atomic E-state index is 12.5. The van der Waals surface area contributed by atoms with Crippen molar-refractivity contribution >= 4 is 38.9 Å². The van der Waals surface area contributed by atoms with Crippen molar-refractivity contribution in [3.8, 4) is 28.4 Å². The summed E-state index contributed by atoms with van der Waals surface area (Å²) in [6, 6.07) is 9.43. The fraction of sp³-hybridized carbons (Fsp3) is 0.200. The number of methoxy groups -OCH3 is 2. The number of aromatic nitrogens is 1. The fourth-order valence-corrected chi connectivity index (χ4v) is 4.10. The van der Waals surface area contributed by atoms with Gasteiger partial charge in [0, 0.05) is 45.8 Å². The van der Waals surface area contributed by atoms with Crippen molar-refractivity contribution in [3.05, 3.63) is 59.8 Å². The average Bonchev–Trinajstić information content (AvgIpc) is 3.47. The van der Waals surface area contributed by atoms with Gasteiger partial charge in [0.15, 0.2) is 5.13 Å². The average molecular weight is 465 g/mol. The minimum absolute atomic E-state index is 0.258. The lowest BCUT2D eigenvalue weighted by molar-refractivity contribution is -0.111. The van der Waals surface area contributed by atoms with Gasteiger partial charge in [0.2, 0.25) is 5.91 Å². The van der Waals surface area contributed by atoms with Crippen LogP contribution in [0.2, 0.25) is 0 Å². The summed E-state index contributed by atoms with van der Waals surface area (Å²) in [7, 11) is 3.25. The molecule has 170 valence electrons. The topological polar surface area (TPSA) is 82.8 Å². The molecular weight excluding hydrogens is 440 g/mol. The van der Waals surface area contributed by atoms with Crippen molar-refractivity contribution in [2.75, 3.05) is 26.1 Å². The summed E-state index contributed by atoms with van der Waals surface area (Å²) in [5.41, 5.74) is 3.91. The first-order valence-corrected chi connectivity index (χ1v) is 11.2. The van der Waals surface area contributed by atoms with E-state index in [1.54, 1.807) is 32.1 Å². The largest absolute Gasteiger partial charge is 0.497 e. The van der Waals surface area contributed by atoms with Crippen LogP contribution < -0.4 is 19.5 Å². The first kappa shape index (κ1) is 22.4. The van der Waals surface area contributed by atoms with E-state index >= 15 is 0 Å². The van der Waals surface area contributed by atoms with Gasteiger partial charge in [-0.2, -0.15) is 0 Å². The van der Waals surface area contributed by atoms with Gasteiger partial charge in [0.1, 0.15) is 22.8 Å². The minimum atomic E-state index is -0.258. The highest BCUT2D eigenvalue weighted by atomic mass is 32.1. The van der Waals surface area contributed by atoms with E-state index in [4.69, 9.17) is 18.6 Å². The van der Waals surface area contributed by atoms with Gasteiger partial charge in [-0.05, 0) is 43.7 Å². The van der Waals surface area contributed by atoms with Gasteiger partial charge >= 0.3 is 0 Å². The molecule has 2 heterocycles. The third kappa shape index (κ3) is 4.70. The zero-order valence-corrected chi connectivity index (χ0v) is 19.6. The van der Waals surface area contributed by atoms with E-state index in [0.717, 1.165) is 27.6 Å². The number of furan rings is 1. The number of anilines is 1. The van der Waals surface area contributed by atoms with Crippen LogP contribution >= 0.6 is 11.3 Å². The van der Waals surface area contributed by atoms with E-state index in [0.29, 0.717) is 34.6 Å². The van der Waals surface area contributed by atoms with Gasteiger partial charge < -0.3 is 18.6 Å². The van der Waals surface area contributed by atoms with E-state index in [2.05, 4.69) is 10.3 Å². The highest BCUT2D eigenvalue weighted by Crippen LogP contribution is 2.41. The monoisotopic (exact) mass is 464 g/mol. The van der Waals surface area contributed by atoms with Crippen LogP contribution in [0.3, 0.4) is 0 Å². The molecule has 0 unspecified atom stereocenters. The van der Waals surface area contributed by atoms with Gasteiger partial charge in [-0.3, -0.25) is 10.1 Å². The third-order valence-electron chi connectivity index (χ3n) is 5.11. The van der Waals surface area contributed by atoms with Crippen LogP contribution in [0.15, 0.2) is 58.7 Å². The Morgan fingerprint density at radius 2 is 2.00 bits per heavy atom. The Labute approximate surface area is 195 Å². The van der Waals surface area contributed by atoms with Crippen LogP contribution in [0, 0.1) is 0 Å². The normalized spacial score (nSPS) is 11.5. The molecule has 4 rings (SSSR count). The molecule has 0 radical (unpaired) electrons. The lowest BCUT2D eigenvalue weighted by Gasteiger charge is -2.12. The Morgan fingerprint density at radius 1 is 1.15 bits per heavy atom. The summed E-state index contributed by atoms with van der Waals surface area (Å²) in [4.78, 5) is 16.6. The Balaban J connectivity index is 1.81. The molecule has 0 aliphatic carbocycles. The molecule has 7 nitrogen and oxygen atoms in total. The van der Waals surface area contributed by atoms with Crippen LogP contribution in [-0.2, 0) is 4.79 Å². The molecule has 0 bridgehead atoms. The summed E-state index contributed by atoms with van der Waals surface area (Å²) in [6.07, 6.45) is 4.87. The molecule has 2 aromatic carbocycles. The number of nitrogens with zero attached hydrogens (tertiary/aromatic N) is 1. The SMILES string of the molecule is CCOc1cc2occ(-c3cc(OC)ccc3OC)c2cc1/C(C)=C/C(=O)Nc1nccs1. The summed E-state index contributed by atoms with van der Waals surface area (Å²) >= 11 is 1.36. The Kier molecular flexibility index (Phi) is 6.65. The maximum Gasteiger partial charge on any atom is 0.250 e. The maximum atomic E-state index is 12.5.